The van der Waals surface area contributed by atoms with Crippen LogP contribution in [0.5, 0.6) is 0 Å². The molecule has 3 heteroatoms. The molecular formula is C14H15NO2. The van der Waals surface area contributed by atoms with Gasteiger partial charge in [0.05, 0.1) is 5.92 Å². The fourth-order valence-electron chi connectivity index (χ4n) is 2.54. The Kier molecular flexibility index (Phi) is 2.28. The Bertz CT molecular complexity index is 503. The van der Waals surface area contributed by atoms with E-state index in [0.717, 1.165) is 29.5 Å². The number of nitrogens with one attached hydrogen (secondary N) is 1. The lowest BCUT2D eigenvalue weighted by Gasteiger charge is -2.13. The first-order chi connectivity index (χ1) is 8.16. The van der Waals surface area contributed by atoms with Crippen LogP contribution in [0.25, 0.3) is 0 Å². The number of fused-ring (bicyclic) bond motifs is 1. The van der Waals surface area contributed by atoms with Crippen LogP contribution in [0.2, 0.25) is 0 Å². The fraction of sp³-hybridized carbons (Fsp3) is 0.429. The van der Waals surface area contributed by atoms with Crippen LogP contribution in [0.4, 0.5) is 0 Å². The standard InChI is InChI=1S/C14H15NO2/c1-8-3-2-4-10-12(16)7-11(13(8)10)14(17)15-9-5-6-9/h2-4,9,11H,5-7H2,1H3,(H,15,17). The summed E-state index contributed by atoms with van der Waals surface area (Å²) < 4.78 is 0. The minimum absolute atomic E-state index is 0.0221. The van der Waals surface area contributed by atoms with Gasteiger partial charge < -0.3 is 5.32 Å². The third kappa shape index (κ3) is 1.75. The maximum atomic E-state index is 12.1. The number of aryl methyl sites for hydroxylation is 1. The van der Waals surface area contributed by atoms with Crippen LogP contribution in [0.3, 0.4) is 0 Å². The van der Waals surface area contributed by atoms with E-state index in [1.807, 2.05) is 25.1 Å². The molecule has 2 aliphatic carbocycles. The molecule has 0 aromatic heterocycles. The Morgan fingerprint density at radius 1 is 1.35 bits per heavy atom. The Hall–Kier alpha value is -1.64. The average molecular weight is 229 g/mol. The molecule has 0 heterocycles. The average Bonchev–Trinajstić information content (AvgIpc) is 3.03. The van der Waals surface area contributed by atoms with Crippen LogP contribution in [0.1, 0.15) is 46.7 Å². The monoisotopic (exact) mass is 229 g/mol. The molecule has 1 aromatic carbocycles. The van der Waals surface area contributed by atoms with Gasteiger partial charge in [-0.1, -0.05) is 18.2 Å². The zero-order chi connectivity index (χ0) is 12.0. The van der Waals surface area contributed by atoms with Crippen LogP contribution in [0.15, 0.2) is 18.2 Å². The van der Waals surface area contributed by atoms with Crippen molar-refractivity contribution in [3.8, 4) is 0 Å². The number of amides is 1. The predicted octanol–water partition coefficient (Wildman–Crippen LogP) is 1.94. The highest BCUT2D eigenvalue weighted by molar-refractivity contribution is 6.07. The molecule has 17 heavy (non-hydrogen) atoms. The van der Waals surface area contributed by atoms with E-state index >= 15 is 0 Å². The normalized spacial score (nSPS) is 22.4. The van der Waals surface area contributed by atoms with Crippen molar-refractivity contribution < 1.29 is 9.59 Å². The smallest absolute Gasteiger partial charge is 0.228 e. The lowest BCUT2D eigenvalue weighted by Crippen LogP contribution is -2.30. The van der Waals surface area contributed by atoms with Crippen LogP contribution in [-0.4, -0.2) is 17.7 Å². The van der Waals surface area contributed by atoms with Crippen molar-refractivity contribution in [2.45, 2.75) is 38.1 Å². The zero-order valence-corrected chi connectivity index (χ0v) is 9.82. The van der Waals surface area contributed by atoms with Crippen molar-refractivity contribution in [3.63, 3.8) is 0 Å². The van der Waals surface area contributed by atoms with Crippen molar-refractivity contribution in [1.29, 1.82) is 0 Å². The van der Waals surface area contributed by atoms with Crippen molar-refractivity contribution in [3.05, 3.63) is 34.9 Å². The van der Waals surface area contributed by atoms with Gasteiger partial charge in [0.25, 0.3) is 0 Å². The van der Waals surface area contributed by atoms with Crippen molar-refractivity contribution in [2.75, 3.05) is 0 Å². The van der Waals surface area contributed by atoms with E-state index in [9.17, 15) is 9.59 Å². The summed E-state index contributed by atoms with van der Waals surface area (Å²) in [5, 5.41) is 2.99. The predicted molar refractivity (Wildman–Crippen MR) is 64.0 cm³/mol. The minimum atomic E-state index is -0.265. The molecule has 0 saturated heterocycles. The number of benzene rings is 1. The molecule has 2 aliphatic rings. The molecule has 1 fully saturated rings. The number of hydrogen-bond acceptors (Lipinski definition) is 2. The van der Waals surface area contributed by atoms with E-state index in [2.05, 4.69) is 5.32 Å². The number of rotatable bonds is 2. The van der Waals surface area contributed by atoms with Gasteiger partial charge in [-0.05, 0) is 30.9 Å². The Labute approximate surface area is 100 Å². The molecule has 3 rings (SSSR count). The molecule has 1 saturated carbocycles. The number of carbonyl (C=O) groups is 2. The molecular weight excluding hydrogens is 214 g/mol. The van der Waals surface area contributed by atoms with E-state index < -0.39 is 0 Å². The van der Waals surface area contributed by atoms with Gasteiger partial charge in [0, 0.05) is 18.0 Å². The van der Waals surface area contributed by atoms with Crippen LogP contribution in [0, 0.1) is 6.92 Å². The summed E-state index contributed by atoms with van der Waals surface area (Å²) in [5.41, 5.74) is 2.72. The first-order valence-electron chi connectivity index (χ1n) is 6.10. The summed E-state index contributed by atoms with van der Waals surface area (Å²) in [6, 6.07) is 6.03. The van der Waals surface area contributed by atoms with Crippen molar-refractivity contribution in [2.24, 2.45) is 0 Å². The lowest BCUT2D eigenvalue weighted by atomic mass is 9.96. The summed E-state index contributed by atoms with van der Waals surface area (Å²) in [4.78, 5) is 23.9. The van der Waals surface area contributed by atoms with Crippen molar-refractivity contribution >= 4 is 11.7 Å². The lowest BCUT2D eigenvalue weighted by molar-refractivity contribution is -0.122. The molecule has 1 atom stereocenters. The second kappa shape index (κ2) is 3.69. The highest BCUT2D eigenvalue weighted by atomic mass is 16.2. The second-order valence-corrected chi connectivity index (χ2v) is 5.00. The summed E-state index contributed by atoms with van der Waals surface area (Å²) in [6.07, 6.45) is 2.48. The van der Waals surface area contributed by atoms with Gasteiger partial charge in [0.15, 0.2) is 5.78 Å². The molecule has 1 N–H and O–H groups in total. The molecule has 1 amide bonds. The summed E-state index contributed by atoms with van der Waals surface area (Å²) in [7, 11) is 0. The van der Waals surface area contributed by atoms with E-state index in [0.29, 0.717) is 12.5 Å². The second-order valence-electron chi connectivity index (χ2n) is 5.00. The maximum absolute atomic E-state index is 12.1. The van der Waals surface area contributed by atoms with Gasteiger partial charge in [-0.15, -0.1) is 0 Å². The van der Waals surface area contributed by atoms with Gasteiger partial charge in [-0.25, -0.2) is 0 Å². The molecule has 0 spiro atoms. The first kappa shape index (κ1) is 10.5. The number of Topliss-reactive ketones (excluding diaryl/α,β-unsaturated/α-hetero) is 1. The van der Waals surface area contributed by atoms with Gasteiger partial charge in [-0.2, -0.15) is 0 Å². The Morgan fingerprint density at radius 2 is 2.12 bits per heavy atom. The quantitative estimate of drug-likeness (QED) is 0.842. The summed E-state index contributed by atoms with van der Waals surface area (Å²) in [5.74, 6) is -0.146. The maximum Gasteiger partial charge on any atom is 0.228 e. The third-order valence-corrected chi connectivity index (χ3v) is 3.60. The molecule has 0 bridgehead atoms. The van der Waals surface area contributed by atoms with Gasteiger partial charge in [-0.3, -0.25) is 9.59 Å². The largest absolute Gasteiger partial charge is 0.353 e. The zero-order valence-electron chi connectivity index (χ0n) is 9.82. The van der Waals surface area contributed by atoms with Crippen LogP contribution < -0.4 is 5.32 Å². The van der Waals surface area contributed by atoms with E-state index in [1.165, 1.54) is 0 Å². The van der Waals surface area contributed by atoms with E-state index in [1.54, 1.807) is 0 Å². The van der Waals surface area contributed by atoms with Gasteiger partial charge in [0.2, 0.25) is 5.91 Å². The number of hydrogen-bond donors (Lipinski definition) is 1. The summed E-state index contributed by atoms with van der Waals surface area (Å²) in [6.45, 7) is 1.97. The summed E-state index contributed by atoms with van der Waals surface area (Å²) >= 11 is 0. The van der Waals surface area contributed by atoms with E-state index in [-0.39, 0.29) is 17.6 Å². The third-order valence-electron chi connectivity index (χ3n) is 3.60. The SMILES string of the molecule is Cc1cccc2c1C(C(=O)NC1CC1)CC2=O. The molecule has 0 radical (unpaired) electrons. The first-order valence-corrected chi connectivity index (χ1v) is 6.10. The molecule has 1 unspecified atom stereocenters. The molecule has 88 valence electrons. The number of ketones is 1. The fourth-order valence-corrected chi connectivity index (χ4v) is 2.54. The highest BCUT2D eigenvalue weighted by Crippen LogP contribution is 2.36. The molecule has 3 nitrogen and oxygen atoms in total. The van der Waals surface area contributed by atoms with Crippen molar-refractivity contribution in [1.82, 2.24) is 5.32 Å². The van der Waals surface area contributed by atoms with E-state index in [4.69, 9.17) is 0 Å². The number of carbonyl (C=O) groups excluding carboxylic acids is 2. The minimum Gasteiger partial charge on any atom is -0.353 e. The Balaban J connectivity index is 1.94. The van der Waals surface area contributed by atoms with Gasteiger partial charge >= 0.3 is 0 Å². The van der Waals surface area contributed by atoms with Gasteiger partial charge in [0.1, 0.15) is 0 Å². The Morgan fingerprint density at radius 3 is 2.82 bits per heavy atom. The topological polar surface area (TPSA) is 46.2 Å². The molecule has 1 aromatic rings. The highest BCUT2D eigenvalue weighted by Gasteiger charge is 2.37. The molecule has 0 aliphatic heterocycles. The van der Waals surface area contributed by atoms with Crippen LogP contribution in [-0.2, 0) is 4.79 Å². The van der Waals surface area contributed by atoms with Crippen LogP contribution >= 0.6 is 0 Å².